The number of hydrogen-bond acceptors (Lipinski definition) is 5. The van der Waals surface area contributed by atoms with Crippen LogP contribution in [0.4, 0.5) is 5.82 Å². The molecule has 1 saturated carbocycles. The summed E-state index contributed by atoms with van der Waals surface area (Å²) in [5.41, 5.74) is 2.31. The highest BCUT2D eigenvalue weighted by Gasteiger charge is 2.30. The lowest BCUT2D eigenvalue weighted by molar-refractivity contribution is 0.380. The molecule has 1 aromatic carbocycles. The van der Waals surface area contributed by atoms with Crippen molar-refractivity contribution < 1.29 is 4.74 Å². The van der Waals surface area contributed by atoms with Gasteiger partial charge in [0.15, 0.2) is 5.82 Å². The lowest BCUT2D eigenvalue weighted by Crippen LogP contribution is -2.34. The smallest absolute Gasteiger partial charge is 0.203 e. The van der Waals surface area contributed by atoms with Gasteiger partial charge >= 0.3 is 0 Å². The highest BCUT2D eigenvalue weighted by atomic mass is 16.5. The van der Waals surface area contributed by atoms with Gasteiger partial charge in [0.2, 0.25) is 5.65 Å². The van der Waals surface area contributed by atoms with Crippen molar-refractivity contribution in [3.05, 3.63) is 48.0 Å². The zero-order chi connectivity index (χ0) is 18.9. The van der Waals surface area contributed by atoms with Crippen molar-refractivity contribution in [2.45, 2.75) is 44.4 Å². The Bertz CT molecular complexity index is 939. The maximum Gasteiger partial charge on any atom is 0.203 e. The van der Waals surface area contributed by atoms with Crippen molar-refractivity contribution in [2.24, 2.45) is 5.92 Å². The molecular formula is C22H27N5O. The van der Waals surface area contributed by atoms with E-state index in [1.165, 1.54) is 37.7 Å². The van der Waals surface area contributed by atoms with Gasteiger partial charge in [0.1, 0.15) is 11.6 Å². The lowest BCUT2D eigenvalue weighted by Gasteiger charge is -2.32. The maximum absolute atomic E-state index is 5.24. The number of rotatable bonds is 6. The van der Waals surface area contributed by atoms with Crippen LogP contribution in [0.25, 0.3) is 5.65 Å². The van der Waals surface area contributed by atoms with Crippen molar-refractivity contribution in [3.8, 4) is 5.75 Å². The minimum absolute atomic E-state index is 0.592. The van der Waals surface area contributed by atoms with E-state index in [0.717, 1.165) is 48.5 Å². The number of hydrogen-bond donors (Lipinski definition) is 0. The number of aromatic nitrogens is 4. The number of methoxy groups -OCH3 is 1. The fourth-order valence-electron chi connectivity index (χ4n) is 4.27. The molecule has 1 saturated heterocycles. The fraction of sp³-hybridized carbons (Fsp3) is 0.500. The summed E-state index contributed by atoms with van der Waals surface area (Å²) in [7, 11) is 1.71. The average Bonchev–Trinajstić information content (AvgIpc) is 3.51. The van der Waals surface area contributed by atoms with Crippen LogP contribution in [-0.2, 0) is 6.42 Å². The van der Waals surface area contributed by atoms with Crippen molar-refractivity contribution >= 4 is 11.5 Å². The number of ether oxygens (including phenoxy) is 1. The molecule has 2 fully saturated rings. The van der Waals surface area contributed by atoms with Crippen LogP contribution >= 0.6 is 0 Å². The quantitative estimate of drug-likeness (QED) is 0.653. The van der Waals surface area contributed by atoms with Crippen LogP contribution in [0.15, 0.2) is 36.7 Å². The van der Waals surface area contributed by atoms with Gasteiger partial charge in [0, 0.05) is 31.4 Å². The first kappa shape index (κ1) is 17.5. The molecule has 0 unspecified atom stereocenters. The summed E-state index contributed by atoms with van der Waals surface area (Å²) < 4.78 is 7.39. The molecule has 0 N–H and O–H groups in total. The van der Waals surface area contributed by atoms with E-state index in [1.54, 1.807) is 7.11 Å². The Morgan fingerprint density at radius 1 is 1.04 bits per heavy atom. The largest absolute Gasteiger partial charge is 0.497 e. The van der Waals surface area contributed by atoms with E-state index in [9.17, 15) is 0 Å². The van der Waals surface area contributed by atoms with Crippen LogP contribution in [0, 0.1) is 5.92 Å². The fourth-order valence-corrected chi connectivity index (χ4v) is 4.27. The number of benzene rings is 1. The highest BCUT2D eigenvalue weighted by molar-refractivity contribution is 5.64. The number of fused-ring (bicyclic) bond motifs is 1. The normalized spacial score (nSPS) is 18.0. The van der Waals surface area contributed by atoms with Gasteiger partial charge in [0.05, 0.1) is 7.11 Å². The van der Waals surface area contributed by atoms with E-state index in [1.807, 2.05) is 12.4 Å². The van der Waals surface area contributed by atoms with Crippen molar-refractivity contribution in [1.82, 2.24) is 19.6 Å². The standard InChI is InChI=1S/C22H27N5O/c1-28-19-8-4-16(5-9-19)2-3-17-10-13-26(14-11-17)21-22-25-24-20(18-6-7-18)27(22)15-12-23-21/h4-5,8-9,12,15,17-18H,2-3,6-7,10-11,13-14H2,1H3. The van der Waals surface area contributed by atoms with E-state index < -0.39 is 0 Å². The number of nitrogens with zero attached hydrogens (tertiary/aromatic N) is 5. The van der Waals surface area contributed by atoms with E-state index in [4.69, 9.17) is 4.74 Å². The van der Waals surface area contributed by atoms with Crippen LogP contribution < -0.4 is 9.64 Å². The molecular weight excluding hydrogens is 350 g/mol. The summed E-state index contributed by atoms with van der Waals surface area (Å²) in [4.78, 5) is 7.04. The summed E-state index contributed by atoms with van der Waals surface area (Å²) in [6.07, 6.45) is 11.2. The van der Waals surface area contributed by atoms with E-state index >= 15 is 0 Å². The predicted molar refractivity (Wildman–Crippen MR) is 109 cm³/mol. The molecule has 3 aromatic rings. The minimum atomic E-state index is 0.592. The summed E-state index contributed by atoms with van der Waals surface area (Å²) in [6, 6.07) is 8.47. The molecule has 2 aromatic heterocycles. The molecule has 6 nitrogen and oxygen atoms in total. The summed E-state index contributed by atoms with van der Waals surface area (Å²) in [5, 5.41) is 8.90. The summed E-state index contributed by atoms with van der Waals surface area (Å²) in [5.74, 6) is 4.40. The zero-order valence-electron chi connectivity index (χ0n) is 16.4. The van der Waals surface area contributed by atoms with Gasteiger partial charge < -0.3 is 9.64 Å². The van der Waals surface area contributed by atoms with Gasteiger partial charge in [-0.05, 0) is 62.1 Å². The molecule has 0 spiro atoms. The molecule has 146 valence electrons. The third-order valence-corrected chi connectivity index (χ3v) is 6.19. The first-order valence-corrected chi connectivity index (χ1v) is 10.4. The molecule has 0 radical (unpaired) electrons. The summed E-state index contributed by atoms with van der Waals surface area (Å²) >= 11 is 0. The Kier molecular flexibility index (Phi) is 4.63. The lowest BCUT2D eigenvalue weighted by atomic mass is 9.90. The van der Waals surface area contributed by atoms with Gasteiger partial charge in [0.25, 0.3) is 0 Å². The third-order valence-electron chi connectivity index (χ3n) is 6.19. The van der Waals surface area contributed by atoms with Crippen molar-refractivity contribution in [2.75, 3.05) is 25.1 Å². The molecule has 28 heavy (non-hydrogen) atoms. The van der Waals surface area contributed by atoms with Crippen molar-refractivity contribution in [1.29, 1.82) is 0 Å². The van der Waals surface area contributed by atoms with Crippen LogP contribution in [0.2, 0.25) is 0 Å². The average molecular weight is 377 g/mol. The highest BCUT2D eigenvalue weighted by Crippen LogP contribution is 2.39. The van der Waals surface area contributed by atoms with Gasteiger partial charge in [-0.3, -0.25) is 4.40 Å². The molecule has 6 heteroatoms. The number of piperidine rings is 1. The molecule has 0 atom stereocenters. The predicted octanol–water partition coefficient (Wildman–Crippen LogP) is 3.86. The van der Waals surface area contributed by atoms with Crippen LogP contribution in [0.1, 0.15) is 49.4 Å². The SMILES string of the molecule is COc1ccc(CCC2CCN(c3nccn4c(C5CC5)nnc34)CC2)cc1. The van der Waals surface area contributed by atoms with Crippen LogP contribution in [0.3, 0.4) is 0 Å². The topological polar surface area (TPSA) is 55.5 Å². The second-order valence-corrected chi connectivity index (χ2v) is 8.09. The molecule has 2 aliphatic rings. The summed E-state index contributed by atoms with van der Waals surface area (Å²) in [6.45, 7) is 2.09. The molecule has 1 aliphatic carbocycles. The van der Waals surface area contributed by atoms with Crippen LogP contribution in [0.5, 0.6) is 5.75 Å². The number of aryl methyl sites for hydroxylation is 1. The Hall–Kier alpha value is -2.63. The Morgan fingerprint density at radius 2 is 1.82 bits per heavy atom. The molecule has 0 amide bonds. The first-order valence-electron chi connectivity index (χ1n) is 10.4. The Morgan fingerprint density at radius 3 is 2.54 bits per heavy atom. The van der Waals surface area contributed by atoms with Gasteiger partial charge in [-0.1, -0.05) is 12.1 Å². The van der Waals surface area contributed by atoms with E-state index in [-0.39, 0.29) is 0 Å². The van der Waals surface area contributed by atoms with E-state index in [0.29, 0.717) is 5.92 Å². The zero-order valence-corrected chi connectivity index (χ0v) is 16.4. The van der Waals surface area contributed by atoms with Crippen molar-refractivity contribution in [3.63, 3.8) is 0 Å². The second-order valence-electron chi connectivity index (χ2n) is 8.09. The molecule has 1 aliphatic heterocycles. The molecule has 3 heterocycles. The molecule has 5 rings (SSSR count). The number of anilines is 1. The maximum atomic E-state index is 5.24. The van der Waals surface area contributed by atoms with Gasteiger partial charge in [-0.25, -0.2) is 4.98 Å². The van der Waals surface area contributed by atoms with E-state index in [2.05, 4.69) is 48.7 Å². The van der Waals surface area contributed by atoms with Crippen LogP contribution in [-0.4, -0.2) is 39.8 Å². The Labute approximate surface area is 165 Å². The Balaban J connectivity index is 1.20. The monoisotopic (exact) mass is 377 g/mol. The molecule has 0 bridgehead atoms. The van der Waals surface area contributed by atoms with Gasteiger partial charge in [-0.15, -0.1) is 10.2 Å². The second kappa shape index (κ2) is 7.41. The van der Waals surface area contributed by atoms with Gasteiger partial charge in [-0.2, -0.15) is 0 Å². The minimum Gasteiger partial charge on any atom is -0.497 e. The first-order chi connectivity index (χ1) is 13.8. The third kappa shape index (κ3) is 3.43.